The van der Waals surface area contributed by atoms with E-state index in [-0.39, 0.29) is 41.5 Å². The number of nitrogens with zero attached hydrogens (tertiary/aromatic N) is 3. The van der Waals surface area contributed by atoms with Crippen LogP contribution < -0.4 is 15.2 Å². The van der Waals surface area contributed by atoms with E-state index >= 15 is 4.39 Å². The minimum atomic E-state index is -2.51. The number of ether oxygens (including phenoxy) is 4. The lowest BCUT2D eigenvalue weighted by molar-refractivity contribution is -0.0209. The first-order valence-electron chi connectivity index (χ1n) is 13.6. The van der Waals surface area contributed by atoms with Crippen molar-refractivity contribution in [3.8, 4) is 5.75 Å². The standard InChI is InChI=1S/C27H23F2N3O7S/c1-36-27(35)39-14-38-25-19(33)8-9-31-24(25)26(34)30-10-11-37-12-21(30)32(31)23-15-6-7-18(28)22(29)17(15)13-40-20-5-3-2-4-16(20)23/h2-9,21,23H,10-14H2,1H3/t21-,23-/m1/s1/i13D2,23D. The average molecular weight is 575 g/mol. The van der Waals surface area contributed by atoms with Crippen LogP contribution in [0.4, 0.5) is 13.6 Å². The Kier molecular flexibility index (Phi) is 5.94. The number of amides is 1. The molecular formula is C27H23F2N3O7S. The molecule has 40 heavy (non-hydrogen) atoms. The maximum absolute atomic E-state index is 15.6. The summed E-state index contributed by atoms with van der Waals surface area (Å²) in [5, 5.41) is 1.35. The highest BCUT2D eigenvalue weighted by molar-refractivity contribution is 7.98. The van der Waals surface area contributed by atoms with E-state index in [0.29, 0.717) is 11.8 Å². The number of fused-ring (bicyclic) bond motifs is 4. The zero-order chi connectivity index (χ0) is 30.7. The fraction of sp³-hybridized carbons (Fsp3) is 0.296. The van der Waals surface area contributed by atoms with Crippen molar-refractivity contribution in [2.45, 2.75) is 22.8 Å². The topological polar surface area (TPSA) is 99.5 Å². The van der Waals surface area contributed by atoms with Crippen LogP contribution in [-0.4, -0.2) is 61.5 Å². The molecule has 10 nitrogen and oxygen atoms in total. The van der Waals surface area contributed by atoms with Crippen LogP contribution in [0.1, 0.15) is 37.3 Å². The van der Waals surface area contributed by atoms with E-state index < -0.39 is 65.1 Å². The second kappa shape index (κ2) is 10.5. The molecule has 2 atom stereocenters. The Labute approximate surface area is 235 Å². The van der Waals surface area contributed by atoms with Crippen LogP contribution in [0.3, 0.4) is 0 Å². The van der Waals surface area contributed by atoms with Gasteiger partial charge in [-0.25, -0.2) is 13.6 Å². The van der Waals surface area contributed by atoms with Crippen LogP contribution in [0.25, 0.3) is 0 Å². The number of hydrogen-bond donors (Lipinski definition) is 0. The molecule has 0 saturated carbocycles. The Morgan fingerprint density at radius 1 is 1.20 bits per heavy atom. The van der Waals surface area contributed by atoms with Crippen LogP contribution in [0, 0.1) is 11.6 Å². The Bertz CT molecular complexity index is 1710. The number of pyridine rings is 1. The molecular weight excluding hydrogens is 548 g/mol. The summed E-state index contributed by atoms with van der Waals surface area (Å²) in [6.45, 7) is -0.719. The fourth-order valence-electron chi connectivity index (χ4n) is 4.88. The number of methoxy groups -OCH3 is 1. The van der Waals surface area contributed by atoms with Gasteiger partial charge in [-0.05, 0) is 23.3 Å². The summed E-state index contributed by atoms with van der Waals surface area (Å²) < 4.78 is 79.5. The summed E-state index contributed by atoms with van der Waals surface area (Å²) in [5.41, 5.74) is -4.27. The number of carbonyl (C=O) groups excluding carboxylic acids is 2. The lowest BCUT2D eigenvalue weighted by Gasteiger charge is -2.51. The number of morpholine rings is 1. The third kappa shape index (κ3) is 4.25. The summed E-state index contributed by atoms with van der Waals surface area (Å²) in [6.07, 6.45) is -0.875. The SMILES string of the molecule is [2H]C1([2H])Sc2ccccc2[C@]([2H])(N2[C@@H]3COCCN3C(=O)c3c(OCOC(=O)OC)c(=O)ccn32)c2ccc(F)c(F)c21. The van der Waals surface area contributed by atoms with Crippen molar-refractivity contribution in [1.29, 1.82) is 0 Å². The van der Waals surface area contributed by atoms with Gasteiger partial charge in [-0.15, -0.1) is 11.8 Å². The molecule has 3 aliphatic heterocycles. The molecule has 2 aromatic carbocycles. The number of aromatic nitrogens is 1. The van der Waals surface area contributed by atoms with Crippen molar-refractivity contribution in [3.05, 3.63) is 92.9 Å². The molecule has 3 aromatic rings. The molecule has 13 heteroatoms. The Balaban J connectivity index is 1.66. The first-order chi connectivity index (χ1) is 20.5. The summed E-state index contributed by atoms with van der Waals surface area (Å²) in [7, 11) is 1.08. The van der Waals surface area contributed by atoms with Gasteiger partial charge in [-0.3, -0.25) is 19.3 Å². The number of hydrogen-bond acceptors (Lipinski definition) is 9. The quantitative estimate of drug-likeness (QED) is 0.343. The van der Waals surface area contributed by atoms with Gasteiger partial charge in [0.05, 0.1) is 27.7 Å². The van der Waals surface area contributed by atoms with Crippen molar-refractivity contribution in [3.63, 3.8) is 0 Å². The van der Waals surface area contributed by atoms with Crippen molar-refractivity contribution < 1.29 is 41.4 Å². The number of benzene rings is 2. The van der Waals surface area contributed by atoms with E-state index in [1.165, 1.54) is 20.8 Å². The average Bonchev–Trinajstić information content (AvgIpc) is 3.06. The fourth-order valence-corrected chi connectivity index (χ4v) is 5.72. The Morgan fingerprint density at radius 3 is 2.85 bits per heavy atom. The van der Waals surface area contributed by atoms with Crippen LogP contribution in [-0.2, 0) is 19.9 Å². The molecule has 208 valence electrons. The van der Waals surface area contributed by atoms with E-state index in [1.54, 1.807) is 24.3 Å². The normalized spacial score (nSPS) is 23.7. The summed E-state index contributed by atoms with van der Waals surface area (Å²) in [5.74, 6) is -3.89. The van der Waals surface area contributed by atoms with E-state index in [1.807, 2.05) is 0 Å². The predicted octanol–water partition coefficient (Wildman–Crippen LogP) is 3.39. The van der Waals surface area contributed by atoms with Gasteiger partial charge in [0.25, 0.3) is 5.91 Å². The number of carbonyl (C=O) groups is 2. The first kappa shape index (κ1) is 22.7. The largest absolute Gasteiger partial charge is 0.510 e. The zero-order valence-corrected chi connectivity index (χ0v) is 21.7. The second-order valence-electron chi connectivity index (χ2n) is 8.79. The molecule has 1 fully saturated rings. The number of halogens is 2. The molecule has 0 spiro atoms. The lowest BCUT2D eigenvalue weighted by Crippen LogP contribution is -2.66. The molecule has 4 heterocycles. The molecule has 1 amide bonds. The molecule has 0 bridgehead atoms. The van der Waals surface area contributed by atoms with E-state index in [9.17, 15) is 20.1 Å². The van der Waals surface area contributed by atoms with Crippen molar-refractivity contribution in [1.82, 2.24) is 9.58 Å². The van der Waals surface area contributed by atoms with Gasteiger partial charge in [-0.1, -0.05) is 24.3 Å². The molecule has 6 rings (SSSR count). The van der Waals surface area contributed by atoms with Gasteiger partial charge < -0.3 is 23.8 Å². The third-order valence-corrected chi connectivity index (χ3v) is 7.53. The van der Waals surface area contributed by atoms with Crippen LogP contribution in [0.2, 0.25) is 0 Å². The van der Waals surface area contributed by atoms with E-state index in [0.717, 1.165) is 25.3 Å². The van der Waals surface area contributed by atoms with Gasteiger partial charge in [0, 0.05) is 37.7 Å². The van der Waals surface area contributed by atoms with Crippen LogP contribution >= 0.6 is 11.8 Å². The monoisotopic (exact) mass is 574 g/mol. The lowest BCUT2D eigenvalue weighted by atomic mass is 9.93. The van der Waals surface area contributed by atoms with Gasteiger partial charge in [0.1, 0.15) is 6.17 Å². The molecule has 1 aromatic heterocycles. The molecule has 3 aliphatic rings. The second-order valence-corrected chi connectivity index (χ2v) is 9.64. The van der Waals surface area contributed by atoms with Crippen molar-refractivity contribution >= 4 is 23.8 Å². The first-order valence-corrected chi connectivity index (χ1v) is 12.9. The molecule has 0 unspecified atom stereocenters. The predicted molar refractivity (Wildman–Crippen MR) is 138 cm³/mol. The highest BCUT2D eigenvalue weighted by Gasteiger charge is 2.46. The van der Waals surface area contributed by atoms with Crippen LogP contribution in [0.5, 0.6) is 5.75 Å². The molecule has 1 saturated heterocycles. The minimum Gasteiger partial charge on any atom is -0.451 e. The van der Waals surface area contributed by atoms with E-state index in [4.69, 9.17) is 17.0 Å². The van der Waals surface area contributed by atoms with E-state index in [2.05, 4.69) is 4.74 Å². The number of rotatable bonds is 4. The Morgan fingerprint density at radius 2 is 2.02 bits per heavy atom. The van der Waals surface area contributed by atoms with Gasteiger partial charge in [0.15, 0.2) is 17.3 Å². The highest BCUT2D eigenvalue weighted by atomic mass is 32.2. The zero-order valence-electron chi connectivity index (χ0n) is 23.9. The Hall–Kier alpha value is -4.10. The number of thioether (sulfide) groups is 1. The third-order valence-electron chi connectivity index (χ3n) is 6.65. The molecule has 0 radical (unpaired) electrons. The maximum Gasteiger partial charge on any atom is 0.510 e. The van der Waals surface area contributed by atoms with Gasteiger partial charge in [0.2, 0.25) is 18.0 Å². The smallest absolute Gasteiger partial charge is 0.451 e. The summed E-state index contributed by atoms with van der Waals surface area (Å²) in [6, 6.07) is 7.19. The maximum atomic E-state index is 15.6. The van der Waals surface area contributed by atoms with Crippen molar-refractivity contribution in [2.24, 2.45) is 0 Å². The summed E-state index contributed by atoms with van der Waals surface area (Å²) in [4.78, 5) is 40.0. The van der Waals surface area contributed by atoms with Crippen molar-refractivity contribution in [2.75, 3.05) is 38.7 Å². The summed E-state index contributed by atoms with van der Waals surface area (Å²) >= 11 is 0.624. The van der Waals surface area contributed by atoms with Gasteiger partial charge in [-0.2, -0.15) is 0 Å². The molecule has 0 N–H and O–H groups in total. The van der Waals surface area contributed by atoms with Gasteiger partial charge >= 0.3 is 6.16 Å². The van der Waals surface area contributed by atoms with Crippen LogP contribution in [0.15, 0.2) is 58.4 Å². The minimum absolute atomic E-state index is 0.0408. The molecule has 0 aliphatic carbocycles. The highest BCUT2D eigenvalue weighted by Crippen LogP contribution is 2.45.